The predicted octanol–water partition coefficient (Wildman–Crippen LogP) is 17.8. The molecule has 0 aliphatic carbocycles. The molecule has 12 rings (SSSR count). The third-order valence-electron chi connectivity index (χ3n) is 14.7. The number of hydrogen-bond acceptors (Lipinski definition) is 10. The highest BCUT2D eigenvalue weighted by Crippen LogP contribution is 2.48. The van der Waals surface area contributed by atoms with Crippen LogP contribution in [0.5, 0.6) is 0 Å². The molecule has 0 atom stereocenters. The number of hydrogen-bond donors (Lipinski definition) is 0. The number of fused-ring (bicyclic) bond motifs is 2. The highest BCUT2D eigenvalue weighted by molar-refractivity contribution is 9.10. The molecule has 0 unspecified atom stereocenters. The number of nitrogens with zero attached hydrogens (tertiary/aromatic N) is 8. The maximum Gasteiger partial charge on any atom is 0.330 e. The number of nitro groups is 2. The van der Waals surface area contributed by atoms with Crippen molar-refractivity contribution >= 4 is 61.2 Å². The molecule has 87 heavy (non-hydrogen) atoms. The number of esters is 1. The largest absolute Gasteiger partial charge is 0.466 e. The number of methoxy groups -OCH3 is 1. The molecule has 0 radical (unpaired) electrons. The van der Waals surface area contributed by atoms with Gasteiger partial charge in [0.05, 0.1) is 38.0 Å². The number of aryl methyl sites for hydroxylation is 2. The smallest absolute Gasteiger partial charge is 0.330 e. The maximum atomic E-state index is 12.5. The highest BCUT2D eigenvalue weighted by Gasteiger charge is 2.43. The van der Waals surface area contributed by atoms with Gasteiger partial charge in [-0.15, -0.1) is 0 Å². The summed E-state index contributed by atoms with van der Waals surface area (Å²) in [5.74, 6) is -0.615. The van der Waals surface area contributed by atoms with E-state index in [1.165, 1.54) is 19.3 Å². The Morgan fingerprint density at radius 2 is 0.805 bits per heavy atom. The Balaban J connectivity index is 0.000000239. The summed E-state index contributed by atoms with van der Waals surface area (Å²) in [5.41, 5.74) is 9.74. The molecular formula is C72H67BrN8O6. The van der Waals surface area contributed by atoms with E-state index >= 15 is 0 Å². The summed E-state index contributed by atoms with van der Waals surface area (Å²) >= 11 is 3.44. The predicted molar refractivity (Wildman–Crippen MR) is 354 cm³/mol. The van der Waals surface area contributed by atoms with Gasteiger partial charge in [0.1, 0.15) is 22.5 Å². The van der Waals surface area contributed by atoms with E-state index in [-0.39, 0.29) is 51.6 Å². The molecular weight excluding hydrogens is 1150 g/mol. The van der Waals surface area contributed by atoms with Gasteiger partial charge < -0.3 is 4.74 Å². The Hall–Kier alpha value is -10.5. The second kappa shape index (κ2) is 27.5. The van der Waals surface area contributed by atoms with Crippen LogP contribution in [0.4, 0.5) is 11.4 Å². The third kappa shape index (κ3) is 12.0. The summed E-state index contributed by atoms with van der Waals surface area (Å²) in [5, 5.41) is 36.7. The molecule has 0 spiro atoms. The van der Waals surface area contributed by atoms with Crippen molar-refractivity contribution in [2.24, 2.45) is 0 Å². The molecule has 0 saturated heterocycles. The van der Waals surface area contributed by atoms with Crippen molar-refractivity contribution in [1.29, 1.82) is 0 Å². The number of nitro benzene ring substituents is 2. The van der Waals surface area contributed by atoms with E-state index in [1.54, 1.807) is 36.7 Å². The van der Waals surface area contributed by atoms with Crippen LogP contribution in [-0.4, -0.2) is 52.5 Å². The number of pyridine rings is 2. The second-order valence-electron chi connectivity index (χ2n) is 19.6. The van der Waals surface area contributed by atoms with Crippen molar-refractivity contribution in [3.8, 4) is 22.5 Å². The minimum Gasteiger partial charge on any atom is -0.466 e. The quantitative estimate of drug-likeness (QED) is 0.0335. The Morgan fingerprint density at radius 1 is 0.483 bits per heavy atom. The summed E-state index contributed by atoms with van der Waals surface area (Å²) in [4.78, 5) is 44.5. The number of ether oxygens (including phenoxy) is 1. The number of benzene rings is 8. The van der Waals surface area contributed by atoms with Crippen molar-refractivity contribution in [3.05, 3.63) is 324 Å². The van der Waals surface area contributed by atoms with Crippen molar-refractivity contribution in [1.82, 2.24) is 29.5 Å². The second-order valence-corrected chi connectivity index (χ2v) is 20.5. The SMILES string of the molecule is C.C.C.C.COC(=O)/C=C/c1cc2c(-c3ccnc(C)c3)nn(C(c3ccccc3)(c3ccccc3)c3ccccc3)c2cc1[N+](=O)[O-].Cc1cc(-c2nn(C(c3ccccc3)(c3ccccc3)c3ccccc3)c3cc([N+](=O)[O-])c(Br)cc23)ccn1. The van der Waals surface area contributed by atoms with Gasteiger partial charge in [-0.1, -0.05) is 212 Å². The van der Waals surface area contributed by atoms with Crippen molar-refractivity contribution in [3.63, 3.8) is 0 Å². The molecule has 4 heterocycles. The molecule has 438 valence electrons. The maximum absolute atomic E-state index is 12.5. The first-order valence-corrected chi connectivity index (χ1v) is 27.3. The number of aromatic nitrogens is 6. The van der Waals surface area contributed by atoms with Crippen LogP contribution < -0.4 is 0 Å². The van der Waals surface area contributed by atoms with E-state index in [0.29, 0.717) is 26.6 Å². The normalized spacial score (nSPS) is 11.0. The van der Waals surface area contributed by atoms with E-state index in [1.807, 2.05) is 193 Å². The Labute approximate surface area is 515 Å². The first-order valence-electron chi connectivity index (χ1n) is 26.5. The van der Waals surface area contributed by atoms with E-state index in [2.05, 4.69) is 62.3 Å². The Bertz CT molecular complexity index is 4180. The zero-order valence-corrected chi connectivity index (χ0v) is 46.7. The summed E-state index contributed by atoms with van der Waals surface area (Å²) in [6.07, 6.45) is 6.06. The fourth-order valence-corrected chi connectivity index (χ4v) is 11.6. The first kappa shape index (κ1) is 64.1. The Morgan fingerprint density at radius 3 is 1.11 bits per heavy atom. The van der Waals surface area contributed by atoms with Crippen LogP contribution in [0, 0.1) is 34.1 Å². The summed E-state index contributed by atoms with van der Waals surface area (Å²) in [6.45, 7) is 3.84. The number of carbonyl (C=O) groups is 1. The zero-order valence-electron chi connectivity index (χ0n) is 45.2. The van der Waals surface area contributed by atoms with E-state index in [4.69, 9.17) is 14.9 Å². The summed E-state index contributed by atoms with van der Waals surface area (Å²) in [6, 6.07) is 74.9. The van der Waals surface area contributed by atoms with Crippen LogP contribution in [0.15, 0.2) is 253 Å². The van der Waals surface area contributed by atoms with Gasteiger partial charge in [0.15, 0.2) is 0 Å². The van der Waals surface area contributed by atoms with Crippen LogP contribution in [0.2, 0.25) is 0 Å². The van der Waals surface area contributed by atoms with Gasteiger partial charge in [-0.2, -0.15) is 10.2 Å². The number of rotatable bonds is 14. The summed E-state index contributed by atoms with van der Waals surface area (Å²) < 4.78 is 8.99. The first-order chi connectivity index (χ1) is 40.4. The zero-order chi connectivity index (χ0) is 57.7. The minimum atomic E-state index is -1.01. The molecule has 4 aromatic heterocycles. The molecule has 0 N–H and O–H groups in total. The monoisotopic (exact) mass is 1220 g/mol. The van der Waals surface area contributed by atoms with Crippen LogP contribution in [0.1, 0.15) is 80.0 Å². The van der Waals surface area contributed by atoms with E-state index in [0.717, 1.165) is 67.0 Å². The molecule has 0 aliphatic rings. The molecule has 15 heteroatoms. The average Bonchev–Trinajstić information content (AvgIpc) is 1.69. The molecule has 0 saturated carbocycles. The number of carbonyl (C=O) groups excluding carboxylic acids is 1. The van der Waals surface area contributed by atoms with Crippen molar-refractivity contribution < 1.29 is 19.4 Å². The molecule has 14 nitrogen and oxygen atoms in total. The van der Waals surface area contributed by atoms with E-state index in [9.17, 15) is 25.0 Å². The molecule has 0 bridgehead atoms. The fourth-order valence-electron chi connectivity index (χ4n) is 11.1. The topological polar surface area (TPSA) is 174 Å². The highest BCUT2D eigenvalue weighted by atomic mass is 79.9. The van der Waals surface area contributed by atoms with Gasteiger partial charge in [0, 0.05) is 63.9 Å². The van der Waals surface area contributed by atoms with Gasteiger partial charge in [0.25, 0.3) is 11.4 Å². The lowest BCUT2D eigenvalue weighted by atomic mass is 9.77. The standard InChI is InChI=1S/C36H28N4O4.C32H23BrN4O2.4CH4/c1-25-22-27(20-21-37-25)35-31-23-26(18-19-34(41)44-2)32(40(42)43)24-33(31)39(38-35)36(28-12-6-3-7-13-28,29-14-8-4-9-15-29)30-16-10-5-11-17-30;1-22-19-23(17-18-34-22)31-27-20-28(33)30(37(38)39)21-29(27)36(35-31)32(24-11-5-2-6-12-24,25-13-7-3-8-14-25)26-15-9-4-10-16-26;;;;/h3-24H,1-2H3;2-21H,1H3;4*1H4/b19-18+;;;;;. The van der Waals surface area contributed by atoms with Crippen molar-refractivity contribution in [2.75, 3.05) is 7.11 Å². The Kier molecular flexibility index (Phi) is 20.2. The minimum absolute atomic E-state index is 0. The van der Waals surface area contributed by atoms with Gasteiger partial charge in [-0.3, -0.25) is 30.2 Å². The molecule has 12 aromatic rings. The average molecular weight is 1220 g/mol. The number of halogens is 1. The molecule has 0 aliphatic heterocycles. The molecule has 0 fully saturated rings. The van der Waals surface area contributed by atoms with Crippen LogP contribution >= 0.6 is 15.9 Å². The summed E-state index contributed by atoms with van der Waals surface area (Å²) in [7, 11) is 1.26. The van der Waals surface area contributed by atoms with Gasteiger partial charge in [-0.05, 0) is 106 Å². The van der Waals surface area contributed by atoms with Gasteiger partial charge in [0.2, 0.25) is 0 Å². The van der Waals surface area contributed by atoms with Gasteiger partial charge >= 0.3 is 5.97 Å². The van der Waals surface area contributed by atoms with Crippen LogP contribution in [-0.2, 0) is 20.6 Å². The molecule has 8 aromatic carbocycles. The van der Waals surface area contributed by atoms with Crippen LogP contribution in [0.3, 0.4) is 0 Å². The van der Waals surface area contributed by atoms with Crippen molar-refractivity contribution in [2.45, 2.75) is 54.6 Å². The lowest BCUT2D eigenvalue weighted by molar-refractivity contribution is -0.385. The fraction of sp³-hybridized carbons (Fsp3) is 0.125. The van der Waals surface area contributed by atoms with E-state index < -0.39 is 22.0 Å². The third-order valence-corrected chi connectivity index (χ3v) is 15.3. The lowest BCUT2D eigenvalue weighted by Crippen LogP contribution is -2.38. The molecule has 0 amide bonds. The van der Waals surface area contributed by atoms with Crippen LogP contribution in [0.25, 0.3) is 50.4 Å². The lowest BCUT2D eigenvalue weighted by Gasteiger charge is -2.37. The van der Waals surface area contributed by atoms with Gasteiger partial charge in [-0.25, -0.2) is 14.2 Å².